The molecule has 114 valence electrons. The van der Waals surface area contributed by atoms with Crippen LogP contribution in [0.3, 0.4) is 0 Å². The van der Waals surface area contributed by atoms with Gasteiger partial charge in [-0.3, -0.25) is 4.79 Å². The van der Waals surface area contributed by atoms with Gasteiger partial charge in [0.25, 0.3) is 5.91 Å². The number of aromatic nitrogens is 3. The van der Waals surface area contributed by atoms with Crippen LogP contribution in [-0.2, 0) is 6.54 Å². The van der Waals surface area contributed by atoms with Crippen LogP contribution in [0.5, 0.6) is 0 Å². The number of aryl methyl sites for hydroxylation is 4. The minimum Gasteiger partial charge on any atom is -0.346 e. The van der Waals surface area contributed by atoms with Crippen LogP contribution in [0.15, 0.2) is 18.2 Å². The first-order valence-electron chi connectivity index (χ1n) is 7.12. The highest BCUT2D eigenvalue weighted by Crippen LogP contribution is 2.18. The largest absolute Gasteiger partial charge is 0.346 e. The van der Waals surface area contributed by atoms with E-state index in [9.17, 15) is 4.79 Å². The summed E-state index contributed by atoms with van der Waals surface area (Å²) in [7, 11) is 0. The summed E-state index contributed by atoms with van der Waals surface area (Å²) in [5.41, 5.74) is 4.69. The molecule has 0 saturated heterocycles. The molecule has 0 saturated carbocycles. The number of benzene rings is 1. The molecule has 0 aliphatic carbocycles. The molecule has 0 fully saturated rings. The molecule has 0 aliphatic heterocycles. The lowest BCUT2D eigenvalue weighted by atomic mass is 10.1. The number of imidazole rings is 1. The minimum atomic E-state index is -0.0758. The van der Waals surface area contributed by atoms with Gasteiger partial charge in [0.2, 0.25) is 4.96 Å². The zero-order chi connectivity index (χ0) is 15.9. The third kappa shape index (κ3) is 2.74. The highest BCUT2D eigenvalue weighted by Gasteiger charge is 2.14. The number of amides is 1. The van der Waals surface area contributed by atoms with Crippen LogP contribution in [0, 0.1) is 27.7 Å². The smallest absolute Gasteiger partial charge is 0.251 e. The Kier molecular flexibility index (Phi) is 3.70. The van der Waals surface area contributed by atoms with Crippen LogP contribution < -0.4 is 5.32 Å². The molecule has 6 heteroatoms. The molecule has 3 aromatic rings. The summed E-state index contributed by atoms with van der Waals surface area (Å²) in [5, 5.41) is 8.36. The van der Waals surface area contributed by atoms with E-state index in [1.165, 1.54) is 0 Å². The van der Waals surface area contributed by atoms with Crippen molar-refractivity contribution < 1.29 is 4.79 Å². The molecular formula is C16H18N4OS. The van der Waals surface area contributed by atoms with E-state index in [0.29, 0.717) is 12.1 Å². The lowest BCUT2D eigenvalue weighted by Gasteiger charge is -2.07. The van der Waals surface area contributed by atoms with E-state index in [1.54, 1.807) is 11.3 Å². The zero-order valence-corrected chi connectivity index (χ0v) is 13.9. The molecule has 1 amide bonds. The molecule has 1 aromatic carbocycles. The molecule has 22 heavy (non-hydrogen) atoms. The Bertz CT molecular complexity index is 842. The van der Waals surface area contributed by atoms with Gasteiger partial charge in [0.1, 0.15) is 5.01 Å². The summed E-state index contributed by atoms with van der Waals surface area (Å²) in [6, 6.07) is 5.85. The van der Waals surface area contributed by atoms with Gasteiger partial charge < -0.3 is 5.32 Å². The summed E-state index contributed by atoms with van der Waals surface area (Å²) in [6.45, 7) is 8.29. The first kappa shape index (κ1) is 14.7. The van der Waals surface area contributed by atoms with E-state index in [2.05, 4.69) is 21.5 Å². The van der Waals surface area contributed by atoms with Crippen molar-refractivity contribution in [3.05, 3.63) is 51.3 Å². The first-order valence-corrected chi connectivity index (χ1v) is 7.94. The van der Waals surface area contributed by atoms with E-state index in [0.717, 1.165) is 32.5 Å². The topological polar surface area (TPSA) is 59.3 Å². The van der Waals surface area contributed by atoms with Crippen LogP contribution in [0.1, 0.15) is 37.9 Å². The monoisotopic (exact) mass is 314 g/mol. The molecule has 0 aliphatic rings. The van der Waals surface area contributed by atoms with E-state index in [4.69, 9.17) is 0 Å². The van der Waals surface area contributed by atoms with Gasteiger partial charge in [0.15, 0.2) is 0 Å². The van der Waals surface area contributed by atoms with Crippen LogP contribution in [0.2, 0.25) is 0 Å². The molecule has 0 spiro atoms. The van der Waals surface area contributed by atoms with Crippen LogP contribution in [-0.4, -0.2) is 20.5 Å². The fourth-order valence-corrected chi connectivity index (χ4v) is 3.37. The second-order valence-corrected chi connectivity index (χ2v) is 6.68. The van der Waals surface area contributed by atoms with Gasteiger partial charge in [-0.15, -0.1) is 0 Å². The van der Waals surface area contributed by atoms with Gasteiger partial charge in [-0.25, -0.2) is 9.50 Å². The molecule has 0 bridgehead atoms. The number of rotatable bonds is 3. The lowest BCUT2D eigenvalue weighted by Crippen LogP contribution is -2.24. The SMILES string of the molecule is Cc1cc(C)cc(C(=O)NCc2c(C)nc3sc(C)nn23)c1. The van der Waals surface area contributed by atoms with Gasteiger partial charge in [0.05, 0.1) is 17.9 Å². The summed E-state index contributed by atoms with van der Waals surface area (Å²) < 4.78 is 1.82. The quantitative estimate of drug-likeness (QED) is 0.808. The Morgan fingerprint density at radius 2 is 1.86 bits per heavy atom. The predicted octanol–water partition coefficient (Wildman–Crippen LogP) is 2.95. The number of nitrogens with zero attached hydrogens (tertiary/aromatic N) is 3. The number of carbonyl (C=O) groups is 1. The average molecular weight is 314 g/mol. The van der Waals surface area contributed by atoms with E-state index in [-0.39, 0.29) is 5.91 Å². The average Bonchev–Trinajstić information content (AvgIpc) is 2.90. The Morgan fingerprint density at radius 3 is 2.55 bits per heavy atom. The Balaban J connectivity index is 1.81. The molecule has 0 atom stereocenters. The molecule has 3 rings (SSSR count). The van der Waals surface area contributed by atoms with Crippen molar-refractivity contribution in [2.75, 3.05) is 0 Å². The van der Waals surface area contributed by atoms with E-state index in [1.807, 2.05) is 44.3 Å². The van der Waals surface area contributed by atoms with Crippen molar-refractivity contribution >= 4 is 22.2 Å². The van der Waals surface area contributed by atoms with Crippen molar-refractivity contribution in [1.29, 1.82) is 0 Å². The van der Waals surface area contributed by atoms with Crippen molar-refractivity contribution in [3.8, 4) is 0 Å². The van der Waals surface area contributed by atoms with Crippen molar-refractivity contribution in [3.63, 3.8) is 0 Å². The first-order chi connectivity index (χ1) is 10.4. The molecule has 2 aromatic heterocycles. The maximum Gasteiger partial charge on any atom is 0.251 e. The highest BCUT2D eigenvalue weighted by molar-refractivity contribution is 7.16. The molecule has 0 unspecified atom stereocenters. The van der Waals surface area contributed by atoms with Gasteiger partial charge in [-0.1, -0.05) is 28.5 Å². The van der Waals surface area contributed by atoms with Gasteiger partial charge in [0, 0.05) is 5.56 Å². The maximum absolute atomic E-state index is 12.3. The van der Waals surface area contributed by atoms with Gasteiger partial charge in [-0.05, 0) is 39.8 Å². The fraction of sp³-hybridized carbons (Fsp3) is 0.312. The lowest BCUT2D eigenvalue weighted by molar-refractivity contribution is 0.0950. The number of hydrogen-bond donors (Lipinski definition) is 1. The second kappa shape index (κ2) is 5.53. The Morgan fingerprint density at radius 1 is 1.18 bits per heavy atom. The minimum absolute atomic E-state index is 0.0758. The van der Waals surface area contributed by atoms with E-state index < -0.39 is 0 Å². The number of nitrogens with one attached hydrogen (secondary N) is 1. The normalized spacial score (nSPS) is 11.1. The van der Waals surface area contributed by atoms with Gasteiger partial charge in [-0.2, -0.15) is 5.10 Å². The maximum atomic E-state index is 12.3. The molecular weight excluding hydrogens is 296 g/mol. The molecule has 2 heterocycles. The highest BCUT2D eigenvalue weighted by atomic mass is 32.1. The summed E-state index contributed by atoms with van der Waals surface area (Å²) in [5.74, 6) is -0.0758. The number of hydrogen-bond acceptors (Lipinski definition) is 4. The molecule has 1 N–H and O–H groups in total. The van der Waals surface area contributed by atoms with Crippen molar-refractivity contribution in [2.24, 2.45) is 0 Å². The Labute approximate surface area is 133 Å². The van der Waals surface area contributed by atoms with Gasteiger partial charge >= 0.3 is 0 Å². The fourth-order valence-electron chi connectivity index (χ4n) is 2.56. The Hall–Kier alpha value is -2.21. The molecule has 0 radical (unpaired) electrons. The summed E-state index contributed by atoms with van der Waals surface area (Å²) >= 11 is 1.55. The zero-order valence-electron chi connectivity index (χ0n) is 13.1. The van der Waals surface area contributed by atoms with Crippen molar-refractivity contribution in [1.82, 2.24) is 19.9 Å². The number of carbonyl (C=O) groups excluding carboxylic acids is 1. The van der Waals surface area contributed by atoms with E-state index >= 15 is 0 Å². The third-order valence-corrected chi connectivity index (χ3v) is 4.32. The summed E-state index contributed by atoms with van der Waals surface area (Å²) in [6.07, 6.45) is 0. The summed E-state index contributed by atoms with van der Waals surface area (Å²) in [4.78, 5) is 17.7. The van der Waals surface area contributed by atoms with Crippen LogP contribution in [0.4, 0.5) is 0 Å². The second-order valence-electron chi connectivity index (χ2n) is 5.52. The van der Waals surface area contributed by atoms with Crippen LogP contribution >= 0.6 is 11.3 Å². The standard InChI is InChI=1S/C16H18N4OS/c1-9-5-10(2)7-13(6-9)15(21)17-8-14-11(3)18-16-20(14)19-12(4)22-16/h5-7H,8H2,1-4H3,(H,17,21). The van der Waals surface area contributed by atoms with Crippen LogP contribution in [0.25, 0.3) is 4.96 Å². The predicted molar refractivity (Wildman–Crippen MR) is 87.4 cm³/mol. The third-order valence-electron chi connectivity index (χ3n) is 3.50. The molecule has 5 nitrogen and oxygen atoms in total. The number of fused-ring (bicyclic) bond motifs is 1. The van der Waals surface area contributed by atoms with Crippen molar-refractivity contribution in [2.45, 2.75) is 34.2 Å².